The van der Waals surface area contributed by atoms with Crippen molar-refractivity contribution in [2.24, 2.45) is 5.92 Å². The van der Waals surface area contributed by atoms with Gasteiger partial charge in [-0.05, 0) is 31.6 Å². The maximum Gasteiger partial charge on any atom is 0.317 e. The van der Waals surface area contributed by atoms with Crippen LogP contribution in [0.2, 0.25) is 0 Å². The fourth-order valence-corrected chi connectivity index (χ4v) is 3.22. The number of likely N-dealkylation sites (tertiary alicyclic amines) is 1. The van der Waals surface area contributed by atoms with Crippen LogP contribution in [0, 0.1) is 5.92 Å². The number of carbonyl (C=O) groups excluding carboxylic acids is 1. The van der Waals surface area contributed by atoms with Gasteiger partial charge in [0.15, 0.2) is 0 Å². The molecule has 0 spiro atoms. The fourth-order valence-electron chi connectivity index (χ4n) is 3.22. The number of amides is 2. The first-order valence-electron chi connectivity index (χ1n) is 6.89. The van der Waals surface area contributed by atoms with E-state index in [1.807, 2.05) is 11.8 Å². The number of carboxylic acids is 1. The van der Waals surface area contributed by atoms with E-state index >= 15 is 0 Å². The quantitative estimate of drug-likeness (QED) is 0.786. The van der Waals surface area contributed by atoms with Gasteiger partial charge in [0.2, 0.25) is 0 Å². The number of urea groups is 1. The Bertz CT molecular complexity index is 332. The lowest BCUT2D eigenvalue weighted by Crippen LogP contribution is -2.48. The molecule has 18 heavy (non-hydrogen) atoms. The molecule has 2 rings (SSSR count). The van der Waals surface area contributed by atoms with Gasteiger partial charge in [-0.15, -0.1) is 0 Å². The lowest BCUT2D eigenvalue weighted by atomic mass is 10.1. The number of nitrogens with zero attached hydrogens (tertiary/aromatic N) is 1. The summed E-state index contributed by atoms with van der Waals surface area (Å²) in [6.07, 6.45) is 5.09. The summed E-state index contributed by atoms with van der Waals surface area (Å²) >= 11 is 0. The van der Waals surface area contributed by atoms with Crippen LogP contribution in [0.1, 0.15) is 45.4 Å². The van der Waals surface area contributed by atoms with Crippen molar-refractivity contribution in [2.75, 3.05) is 6.54 Å². The van der Waals surface area contributed by atoms with Crippen LogP contribution in [0.4, 0.5) is 4.79 Å². The summed E-state index contributed by atoms with van der Waals surface area (Å²) in [6.45, 7) is 2.85. The summed E-state index contributed by atoms with van der Waals surface area (Å²) in [6, 6.07) is 0.0862. The van der Waals surface area contributed by atoms with E-state index in [1.54, 1.807) is 0 Å². The third-order valence-corrected chi connectivity index (χ3v) is 4.06. The molecular formula is C13H22N2O3. The van der Waals surface area contributed by atoms with Gasteiger partial charge in [-0.2, -0.15) is 0 Å². The second-order valence-electron chi connectivity index (χ2n) is 5.52. The Balaban J connectivity index is 1.86. The summed E-state index contributed by atoms with van der Waals surface area (Å²) in [5.41, 5.74) is 0. The van der Waals surface area contributed by atoms with Gasteiger partial charge >= 0.3 is 12.0 Å². The van der Waals surface area contributed by atoms with Crippen LogP contribution in [0.15, 0.2) is 0 Å². The molecule has 0 aromatic heterocycles. The van der Waals surface area contributed by atoms with E-state index in [1.165, 1.54) is 6.42 Å². The monoisotopic (exact) mass is 254 g/mol. The highest BCUT2D eigenvalue weighted by Crippen LogP contribution is 2.37. The van der Waals surface area contributed by atoms with Crippen molar-refractivity contribution in [3.05, 3.63) is 0 Å². The van der Waals surface area contributed by atoms with E-state index < -0.39 is 5.97 Å². The largest absolute Gasteiger partial charge is 0.481 e. The molecule has 1 heterocycles. The zero-order chi connectivity index (χ0) is 13.1. The molecule has 2 N–H and O–H groups in total. The minimum Gasteiger partial charge on any atom is -0.481 e. The molecule has 5 heteroatoms. The van der Waals surface area contributed by atoms with Crippen LogP contribution in [0.25, 0.3) is 0 Å². The van der Waals surface area contributed by atoms with E-state index in [-0.39, 0.29) is 18.5 Å². The molecule has 1 aliphatic heterocycles. The first-order chi connectivity index (χ1) is 8.60. The van der Waals surface area contributed by atoms with E-state index in [0.29, 0.717) is 12.0 Å². The van der Waals surface area contributed by atoms with E-state index in [9.17, 15) is 9.59 Å². The normalized spacial score (nSPS) is 27.3. The molecule has 5 nitrogen and oxygen atoms in total. The predicted molar refractivity (Wildman–Crippen MR) is 67.3 cm³/mol. The number of carboxylic acid groups (broad SMARTS) is 1. The van der Waals surface area contributed by atoms with Gasteiger partial charge < -0.3 is 15.3 Å². The highest BCUT2D eigenvalue weighted by atomic mass is 16.4. The molecule has 2 bridgehead atoms. The molecule has 1 saturated heterocycles. The third-order valence-electron chi connectivity index (χ3n) is 4.06. The Morgan fingerprint density at radius 3 is 2.72 bits per heavy atom. The molecular weight excluding hydrogens is 232 g/mol. The summed E-state index contributed by atoms with van der Waals surface area (Å²) in [7, 11) is 0. The van der Waals surface area contributed by atoms with Crippen LogP contribution in [0.3, 0.4) is 0 Å². The lowest BCUT2D eigenvalue weighted by Gasteiger charge is -2.29. The Kier molecular flexibility index (Phi) is 4.09. The molecule has 102 valence electrons. The van der Waals surface area contributed by atoms with Crippen molar-refractivity contribution in [3.63, 3.8) is 0 Å². The van der Waals surface area contributed by atoms with Crippen LogP contribution in [-0.2, 0) is 4.79 Å². The topological polar surface area (TPSA) is 69.6 Å². The zero-order valence-corrected chi connectivity index (χ0v) is 10.9. The summed E-state index contributed by atoms with van der Waals surface area (Å²) < 4.78 is 0. The Hall–Kier alpha value is -1.26. The van der Waals surface area contributed by atoms with Crippen molar-refractivity contribution in [1.82, 2.24) is 10.2 Å². The Labute approximate surface area is 108 Å². The Morgan fingerprint density at radius 2 is 2.22 bits per heavy atom. The van der Waals surface area contributed by atoms with Gasteiger partial charge in [0.05, 0.1) is 6.42 Å². The minimum absolute atomic E-state index is 0.0154. The smallest absolute Gasteiger partial charge is 0.317 e. The number of hydrogen-bond acceptors (Lipinski definition) is 2. The van der Waals surface area contributed by atoms with Crippen molar-refractivity contribution < 1.29 is 14.7 Å². The second-order valence-corrected chi connectivity index (χ2v) is 5.52. The van der Waals surface area contributed by atoms with Crippen LogP contribution < -0.4 is 5.32 Å². The van der Waals surface area contributed by atoms with Crippen LogP contribution in [-0.4, -0.2) is 40.6 Å². The number of aliphatic carboxylic acids is 1. The SMILES string of the molecule is CCCC(CC(=O)O)NC(=O)N1CC2CCC1C2. The van der Waals surface area contributed by atoms with Gasteiger partial charge in [0.25, 0.3) is 0 Å². The molecule has 2 aliphatic rings. The number of piperidine rings is 1. The molecule has 3 atom stereocenters. The number of nitrogens with one attached hydrogen (secondary N) is 1. The molecule has 1 aliphatic carbocycles. The first kappa shape index (κ1) is 13.2. The average Bonchev–Trinajstić information content (AvgIpc) is 2.89. The standard InChI is InChI=1S/C13H22N2O3/c1-2-3-10(7-12(16)17)14-13(18)15-8-9-4-5-11(15)6-9/h9-11H,2-8H2,1H3,(H,14,18)(H,16,17). The summed E-state index contributed by atoms with van der Waals surface area (Å²) in [5.74, 6) is -0.179. The third kappa shape index (κ3) is 2.94. The van der Waals surface area contributed by atoms with E-state index in [4.69, 9.17) is 5.11 Å². The van der Waals surface area contributed by atoms with Gasteiger partial charge in [0.1, 0.15) is 0 Å². The molecule has 0 aromatic rings. The van der Waals surface area contributed by atoms with Crippen molar-refractivity contribution in [3.8, 4) is 0 Å². The second kappa shape index (κ2) is 5.59. The fraction of sp³-hybridized carbons (Fsp3) is 0.846. The number of fused-ring (bicyclic) bond motifs is 2. The van der Waals surface area contributed by atoms with Crippen molar-refractivity contribution in [1.29, 1.82) is 0 Å². The average molecular weight is 254 g/mol. The molecule has 2 fully saturated rings. The highest BCUT2D eigenvalue weighted by molar-refractivity contribution is 5.76. The van der Waals surface area contributed by atoms with Gasteiger partial charge in [-0.1, -0.05) is 13.3 Å². The van der Waals surface area contributed by atoms with Crippen LogP contribution in [0.5, 0.6) is 0 Å². The maximum absolute atomic E-state index is 12.1. The van der Waals surface area contributed by atoms with E-state index in [2.05, 4.69) is 5.32 Å². The summed E-state index contributed by atoms with van der Waals surface area (Å²) in [4.78, 5) is 24.8. The first-order valence-corrected chi connectivity index (χ1v) is 6.89. The lowest BCUT2D eigenvalue weighted by molar-refractivity contribution is -0.137. The molecule has 3 unspecified atom stereocenters. The van der Waals surface area contributed by atoms with Gasteiger partial charge in [0, 0.05) is 18.6 Å². The van der Waals surface area contributed by atoms with Crippen molar-refractivity contribution >= 4 is 12.0 Å². The van der Waals surface area contributed by atoms with Gasteiger partial charge in [-0.25, -0.2) is 4.79 Å². The predicted octanol–water partition coefficient (Wildman–Crippen LogP) is 1.82. The number of rotatable bonds is 5. The van der Waals surface area contributed by atoms with Gasteiger partial charge in [-0.3, -0.25) is 4.79 Å². The van der Waals surface area contributed by atoms with E-state index in [0.717, 1.165) is 32.2 Å². The molecule has 0 aromatic carbocycles. The highest BCUT2D eigenvalue weighted by Gasteiger charge is 2.40. The number of hydrogen-bond donors (Lipinski definition) is 2. The Morgan fingerprint density at radius 1 is 1.44 bits per heavy atom. The molecule has 2 amide bonds. The zero-order valence-electron chi connectivity index (χ0n) is 10.9. The maximum atomic E-state index is 12.1. The minimum atomic E-state index is -0.850. The molecule has 1 saturated carbocycles. The number of carbonyl (C=O) groups is 2. The van der Waals surface area contributed by atoms with Crippen LogP contribution >= 0.6 is 0 Å². The van der Waals surface area contributed by atoms with Crippen molar-refractivity contribution in [2.45, 2.75) is 57.5 Å². The summed E-state index contributed by atoms with van der Waals surface area (Å²) in [5, 5.41) is 11.7. The molecule has 0 radical (unpaired) electrons.